The highest BCUT2D eigenvalue weighted by atomic mass is 32.2. The second-order valence-electron chi connectivity index (χ2n) is 7.80. The Kier molecular flexibility index (Phi) is 4.63. The van der Waals surface area contributed by atoms with Gasteiger partial charge in [-0.05, 0) is 18.6 Å². The van der Waals surface area contributed by atoms with Crippen LogP contribution < -0.4 is 4.90 Å². The Labute approximate surface area is 155 Å². The van der Waals surface area contributed by atoms with Gasteiger partial charge in [0.2, 0.25) is 11.8 Å². The minimum Gasteiger partial charge on any atom is -0.342 e. The first kappa shape index (κ1) is 18.9. The monoisotopic (exact) mass is 378 g/mol. The van der Waals surface area contributed by atoms with Crippen LogP contribution in [0.2, 0.25) is 0 Å². The molecule has 2 heterocycles. The predicted octanol–water partition coefficient (Wildman–Crippen LogP) is 2.20. The number of benzene rings is 1. The van der Waals surface area contributed by atoms with Crippen LogP contribution in [0.4, 0.5) is 5.69 Å². The number of nitrogens with zero attached hydrogens (tertiary/aromatic N) is 2. The molecule has 0 saturated carbocycles. The molecule has 0 unspecified atom stereocenters. The highest BCUT2D eigenvalue weighted by Crippen LogP contribution is 2.43. The summed E-state index contributed by atoms with van der Waals surface area (Å²) in [6.07, 6.45) is 1.23. The van der Waals surface area contributed by atoms with Crippen molar-refractivity contribution in [3.8, 4) is 0 Å². The van der Waals surface area contributed by atoms with Gasteiger partial charge < -0.3 is 4.90 Å². The van der Waals surface area contributed by atoms with E-state index in [-0.39, 0.29) is 24.7 Å². The largest absolute Gasteiger partial charge is 0.342 e. The molecule has 0 aromatic heterocycles. The molecule has 1 spiro atoms. The molecule has 0 atom stereocenters. The number of carbonyl (C=O) groups is 2. The molecule has 0 bridgehead atoms. The van der Waals surface area contributed by atoms with E-state index in [0.29, 0.717) is 18.8 Å². The van der Waals surface area contributed by atoms with Gasteiger partial charge in [-0.1, -0.05) is 39.0 Å². The third-order valence-corrected chi connectivity index (χ3v) is 8.23. The first-order chi connectivity index (χ1) is 12.1. The Bertz CT molecular complexity index is 809. The average molecular weight is 378 g/mol. The van der Waals surface area contributed by atoms with Crippen LogP contribution in [0.15, 0.2) is 30.3 Å². The quantitative estimate of drug-likeness (QED) is 0.808. The fraction of sp³-hybridized carbons (Fsp3) is 0.579. The van der Waals surface area contributed by atoms with Gasteiger partial charge in [-0.15, -0.1) is 0 Å². The number of anilines is 1. The lowest BCUT2D eigenvalue weighted by atomic mass is 9.87. The van der Waals surface area contributed by atoms with Crippen LogP contribution in [0, 0.1) is 5.41 Å². The molecule has 2 saturated heterocycles. The molecule has 0 N–H and O–H groups in total. The van der Waals surface area contributed by atoms with Gasteiger partial charge in [0.05, 0.1) is 0 Å². The molecule has 2 aliphatic rings. The molecular formula is C19H26N2O4S. The SMILES string of the molecule is CCC(C)(C)C(=O)N1CCC2(CC1)N(c1ccccc1)C(=O)CS2(=O)=O. The number of likely N-dealkylation sites (tertiary alicyclic amines) is 1. The maximum absolute atomic E-state index is 12.9. The van der Waals surface area contributed by atoms with Crippen molar-refractivity contribution in [2.24, 2.45) is 5.41 Å². The predicted molar refractivity (Wildman–Crippen MR) is 100 cm³/mol. The van der Waals surface area contributed by atoms with E-state index < -0.39 is 25.9 Å². The highest BCUT2D eigenvalue weighted by molar-refractivity contribution is 7.94. The lowest BCUT2D eigenvalue weighted by Crippen LogP contribution is -2.58. The molecule has 3 rings (SSSR count). The second-order valence-corrected chi connectivity index (χ2v) is 10.1. The standard InChI is InChI=1S/C19H26N2O4S/c1-4-18(2,3)17(23)20-12-10-19(11-13-20)21(15-8-6-5-7-9-15)16(22)14-26(19,24)25/h5-9H,4,10-14H2,1-3H3. The van der Waals surface area contributed by atoms with Gasteiger partial charge in [-0.3, -0.25) is 14.5 Å². The smallest absolute Gasteiger partial charge is 0.243 e. The fourth-order valence-corrected chi connectivity index (χ4v) is 5.87. The minimum atomic E-state index is -3.61. The van der Waals surface area contributed by atoms with Gasteiger partial charge in [0.1, 0.15) is 5.75 Å². The van der Waals surface area contributed by atoms with Gasteiger partial charge in [-0.2, -0.15) is 0 Å². The number of amides is 2. The van der Waals surface area contributed by atoms with Crippen molar-refractivity contribution in [3.63, 3.8) is 0 Å². The first-order valence-electron chi connectivity index (χ1n) is 9.04. The van der Waals surface area contributed by atoms with Crippen LogP contribution in [0.25, 0.3) is 0 Å². The van der Waals surface area contributed by atoms with E-state index in [9.17, 15) is 18.0 Å². The van der Waals surface area contributed by atoms with E-state index in [1.54, 1.807) is 29.2 Å². The minimum absolute atomic E-state index is 0.0443. The van der Waals surface area contributed by atoms with Crippen molar-refractivity contribution < 1.29 is 18.0 Å². The van der Waals surface area contributed by atoms with Crippen molar-refractivity contribution in [2.75, 3.05) is 23.7 Å². The summed E-state index contributed by atoms with van der Waals surface area (Å²) in [6.45, 7) is 6.48. The Balaban J connectivity index is 1.91. The van der Waals surface area contributed by atoms with Gasteiger partial charge in [0, 0.05) is 37.0 Å². The fourth-order valence-electron chi connectivity index (χ4n) is 3.86. The molecular weight excluding hydrogens is 352 g/mol. The Morgan fingerprint density at radius 3 is 2.27 bits per heavy atom. The summed E-state index contributed by atoms with van der Waals surface area (Å²) in [5.41, 5.74) is 0.140. The molecule has 6 nitrogen and oxygen atoms in total. The summed E-state index contributed by atoms with van der Waals surface area (Å²) >= 11 is 0. The van der Waals surface area contributed by atoms with Crippen LogP contribution >= 0.6 is 0 Å². The van der Waals surface area contributed by atoms with Crippen molar-refractivity contribution in [1.82, 2.24) is 4.90 Å². The summed E-state index contributed by atoms with van der Waals surface area (Å²) in [5, 5.41) is 0. The van der Waals surface area contributed by atoms with E-state index in [4.69, 9.17) is 0 Å². The Morgan fingerprint density at radius 1 is 1.15 bits per heavy atom. The zero-order chi connectivity index (χ0) is 19.2. The molecule has 2 aliphatic heterocycles. The molecule has 2 amide bonds. The number of rotatable bonds is 3. The van der Waals surface area contributed by atoms with Crippen LogP contribution in [-0.2, 0) is 19.4 Å². The van der Waals surface area contributed by atoms with E-state index in [2.05, 4.69) is 0 Å². The number of hydrogen-bond donors (Lipinski definition) is 0. The molecule has 0 radical (unpaired) electrons. The van der Waals surface area contributed by atoms with Crippen molar-refractivity contribution in [1.29, 1.82) is 0 Å². The summed E-state index contributed by atoms with van der Waals surface area (Å²) in [4.78, 5) is 27.2. The topological polar surface area (TPSA) is 74.8 Å². The number of piperidine rings is 1. The molecule has 26 heavy (non-hydrogen) atoms. The zero-order valence-electron chi connectivity index (χ0n) is 15.6. The lowest BCUT2D eigenvalue weighted by molar-refractivity contribution is -0.141. The third-order valence-electron chi connectivity index (χ3n) is 5.86. The van der Waals surface area contributed by atoms with Gasteiger partial charge >= 0.3 is 0 Å². The molecule has 142 valence electrons. The normalized spacial score (nSPS) is 22.0. The molecule has 7 heteroatoms. The number of sulfone groups is 1. The zero-order valence-corrected chi connectivity index (χ0v) is 16.4. The average Bonchev–Trinajstić information content (AvgIpc) is 2.80. The highest BCUT2D eigenvalue weighted by Gasteiger charge is 2.59. The first-order valence-corrected chi connectivity index (χ1v) is 10.7. The van der Waals surface area contributed by atoms with E-state index in [1.807, 2.05) is 26.8 Å². The van der Waals surface area contributed by atoms with Crippen molar-refractivity contribution >= 4 is 27.3 Å². The maximum atomic E-state index is 12.9. The number of para-hydroxylation sites is 1. The number of carbonyl (C=O) groups excluding carboxylic acids is 2. The molecule has 0 aliphatic carbocycles. The van der Waals surface area contributed by atoms with Gasteiger partial charge in [0.25, 0.3) is 0 Å². The van der Waals surface area contributed by atoms with Crippen LogP contribution in [0.5, 0.6) is 0 Å². The molecule has 1 aromatic rings. The maximum Gasteiger partial charge on any atom is 0.243 e. The lowest BCUT2D eigenvalue weighted by Gasteiger charge is -2.44. The van der Waals surface area contributed by atoms with Crippen LogP contribution in [-0.4, -0.2) is 48.8 Å². The summed E-state index contributed by atoms with van der Waals surface area (Å²) < 4.78 is 25.8. The van der Waals surface area contributed by atoms with Gasteiger partial charge in [-0.25, -0.2) is 8.42 Å². The van der Waals surface area contributed by atoms with E-state index >= 15 is 0 Å². The third kappa shape index (κ3) is 2.82. The van der Waals surface area contributed by atoms with Crippen molar-refractivity contribution in [3.05, 3.63) is 30.3 Å². The number of hydrogen-bond acceptors (Lipinski definition) is 4. The summed E-state index contributed by atoms with van der Waals surface area (Å²) in [7, 11) is -3.61. The van der Waals surface area contributed by atoms with Crippen LogP contribution in [0.1, 0.15) is 40.0 Å². The molecule has 1 aromatic carbocycles. The van der Waals surface area contributed by atoms with Gasteiger partial charge in [0.15, 0.2) is 14.7 Å². The Hall–Kier alpha value is -1.89. The second kappa shape index (κ2) is 6.37. The van der Waals surface area contributed by atoms with E-state index in [0.717, 1.165) is 6.42 Å². The van der Waals surface area contributed by atoms with Crippen molar-refractivity contribution in [2.45, 2.75) is 44.9 Å². The summed E-state index contributed by atoms with van der Waals surface area (Å²) in [6, 6.07) is 8.95. The molecule has 2 fully saturated rings. The van der Waals surface area contributed by atoms with E-state index in [1.165, 1.54) is 4.90 Å². The Morgan fingerprint density at radius 2 is 1.73 bits per heavy atom. The van der Waals surface area contributed by atoms with Crippen LogP contribution in [0.3, 0.4) is 0 Å². The summed E-state index contributed by atoms with van der Waals surface area (Å²) in [5.74, 6) is -0.802.